The fourth-order valence-electron chi connectivity index (χ4n) is 6.02. The van der Waals surface area contributed by atoms with E-state index in [1.165, 1.54) is 81.1 Å². The molecule has 69 heavy (non-hydrogen) atoms. The van der Waals surface area contributed by atoms with E-state index in [4.69, 9.17) is 28.4 Å². The van der Waals surface area contributed by atoms with E-state index in [2.05, 4.69) is 29.3 Å². The number of pyridine rings is 1. The highest BCUT2D eigenvalue weighted by atomic mass is 32.2. The summed E-state index contributed by atoms with van der Waals surface area (Å²) in [6.45, 7) is 3.87. The summed E-state index contributed by atoms with van der Waals surface area (Å²) in [7, 11) is -1.64. The van der Waals surface area contributed by atoms with Gasteiger partial charge in [-0.05, 0) is 88.8 Å². The summed E-state index contributed by atoms with van der Waals surface area (Å²) in [6.07, 6.45) is 0.0330. The van der Waals surface area contributed by atoms with Crippen LogP contribution >= 0.6 is 0 Å². The van der Waals surface area contributed by atoms with E-state index in [1.807, 2.05) is 20.8 Å². The van der Waals surface area contributed by atoms with Crippen LogP contribution in [-0.2, 0) is 47.8 Å². The predicted molar refractivity (Wildman–Crippen MR) is 242 cm³/mol. The van der Waals surface area contributed by atoms with E-state index in [1.54, 1.807) is 48.5 Å². The summed E-state index contributed by atoms with van der Waals surface area (Å²) < 4.78 is 65.5. The lowest BCUT2D eigenvalue weighted by atomic mass is 9.88. The average Bonchev–Trinajstić information content (AvgIpc) is 3.34. The first kappa shape index (κ1) is 49.8. The number of para-hydroxylation sites is 2. The van der Waals surface area contributed by atoms with Crippen molar-refractivity contribution in [3.8, 4) is 40.3 Å². The zero-order valence-corrected chi connectivity index (χ0v) is 38.4. The molecular weight excluding hydrogens is 925 g/mol. The Morgan fingerprint density at radius 2 is 1.32 bits per heavy atom. The lowest BCUT2D eigenvalue weighted by Crippen LogP contribution is -2.31. The molecule has 6 rings (SSSR count). The van der Waals surface area contributed by atoms with Gasteiger partial charge in [0.25, 0.3) is 26.1 Å². The number of ether oxygens (including phenoxy) is 6. The maximum atomic E-state index is 14.1. The third kappa shape index (κ3) is 13.7. The number of hydrogen-bond donors (Lipinski definition) is 1. The molecule has 0 radical (unpaired) electrons. The fourth-order valence-corrected chi connectivity index (χ4v) is 6.96. The Labute approximate surface area is 394 Å². The van der Waals surface area contributed by atoms with Crippen molar-refractivity contribution in [2.45, 2.75) is 50.5 Å². The minimum atomic E-state index is -4.52. The molecule has 22 nitrogen and oxygen atoms in total. The number of rotatable bonds is 22. The highest BCUT2D eigenvalue weighted by Crippen LogP contribution is 2.42. The topological polar surface area (TPSA) is 279 Å². The molecule has 1 atom stereocenters. The maximum absolute atomic E-state index is 14.1. The molecule has 0 bridgehead atoms. The van der Waals surface area contributed by atoms with Crippen molar-refractivity contribution in [1.82, 2.24) is 15.0 Å². The van der Waals surface area contributed by atoms with Gasteiger partial charge >= 0.3 is 11.9 Å². The van der Waals surface area contributed by atoms with Crippen molar-refractivity contribution < 1.29 is 66.3 Å². The number of sulfonamides is 1. The van der Waals surface area contributed by atoms with E-state index >= 15 is 0 Å². The second kappa shape index (κ2) is 22.3. The molecule has 4 aromatic carbocycles. The van der Waals surface area contributed by atoms with Gasteiger partial charge in [-0.15, -0.1) is 20.2 Å². The van der Waals surface area contributed by atoms with Crippen LogP contribution in [0.25, 0.3) is 11.4 Å². The first-order valence-corrected chi connectivity index (χ1v) is 22.0. The molecular formula is C46H44N6O16S. The molecule has 2 aromatic heterocycles. The summed E-state index contributed by atoms with van der Waals surface area (Å²) in [5.74, 6) is -2.24. The number of benzene rings is 4. The lowest BCUT2D eigenvalue weighted by Gasteiger charge is -2.21. The van der Waals surface area contributed by atoms with Crippen molar-refractivity contribution in [2.24, 2.45) is 0 Å². The molecule has 0 fully saturated rings. The van der Waals surface area contributed by atoms with Crippen LogP contribution in [0, 0.1) is 20.2 Å². The molecule has 0 amide bonds. The predicted octanol–water partition coefficient (Wildman–Crippen LogP) is 7.32. The molecule has 0 aliphatic heterocycles. The van der Waals surface area contributed by atoms with Crippen LogP contribution in [0.4, 0.5) is 5.82 Å². The molecule has 1 N–H and O–H groups in total. The minimum Gasteiger partial charge on any atom is -0.497 e. The quantitative estimate of drug-likeness (QED) is 0.0396. The molecule has 0 aliphatic carbocycles. The van der Waals surface area contributed by atoms with E-state index < -0.39 is 57.3 Å². The number of hydrogen-bond acceptors (Lipinski definition) is 19. The van der Waals surface area contributed by atoms with Crippen LogP contribution in [0.3, 0.4) is 0 Å². The largest absolute Gasteiger partial charge is 0.497 e. The van der Waals surface area contributed by atoms with Crippen LogP contribution in [0.5, 0.6) is 28.9 Å². The van der Waals surface area contributed by atoms with Crippen LogP contribution in [0.1, 0.15) is 58.2 Å². The van der Waals surface area contributed by atoms with Crippen LogP contribution in [0.15, 0.2) is 120 Å². The number of nitrogens with one attached hydrogen (secondary N) is 1. The number of anilines is 1. The first-order valence-electron chi connectivity index (χ1n) is 20.5. The monoisotopic (exact) mass is 968 g/mol. The van der Waals surface area contributed by atoms with Gasteiger partial charge < -0.3 is 38.1 Å². The molecule has 0 saturated carbocycles. The van der Waals surface area contributed by atoms with Gasteiger partial charge in [-0.1, -0.05) is 63.2 Å². The smallest absolute Gasteiger partial charge is 0.338 e. The van der Waals surface area contributed by atoms with Crippen molar-refractivity contribution in [3.05, 3.63) is 163 Å². The number of methoxy groups -OCH3 is 2. The SMILES string of the molecule is COc1ccc(-c2nc(NS(=O)(=O)c3ccc(C(C)(C)C)cn3)c(Oc3ccccc3OC)c(OCC(COC(=O)c3ccc(CO[N+](=O)[O-])cc3)OC(=O)c3ccc(CO[N+](=O)[O-])cc3)n2)cc1. The van der Waals surface area contributed by atoms with Crippen LogP contribution in [0.2, 0.25) is 0 Å². The number of aromatic nitrogens is 3. The molecule has 0 aliphatic rings. The molecule has 0 spiro atoms. The Bertz CT molecular complexity index is 2880. The Kier molecular flexibility index (Phi) is 16.1. The Hall–Kier alpha value is -8.60. The Balaban J connectivity index is 1.39. The summed E-state index contributed by atoms with van der Waals surface area (Å²) >= 11 is 0. The molecule has 6 aromatic rings. The van der Waals surface area contributed by atoms with E-state index in [0.717, 1.165) is 5.56 Å². The molecule has 1 unspecified atom stereocenters. The third-order valence-electron chi connectivity index (χ3n) is 9.71. The van der Waals surface area contributed by atoms with Crippen molar-refractivity contribution in [2.75, 3.05) is 32.2 Å². The van der Waals surface area contributed by atoms with Gasteiger partial charge in [0.15, 0.2) is 34.3 Å². The van der Waals surface area contributed by atoms with Crippen molar-refractivity contribution in [3.63, 3.8) is 0 Å². The Morgan fingerprint density at radius 1 is 0.725 bits per heavy atom. The third-order valence-corrected chi connectivity index (χ3v) is 11.0. The van der Waals surface area contributed by atoms with Crippen LogP contribution in [-0.4, -0.2) is 79.0 Å². The lowest BCUT2D eigenvalue weighted by molar-refractivity contribution is -0.763. The van der Waals surface area contributed by atoms with E-state index in [9.17, 15) is 38.2 Å². The number of carbonyl (C=O) groups excluding carboxylic acids is 2. The maximum Gasteiger partial charge on any atom is 0.338 e. The van der Waals surface area contributed by atoms with Gasteiger partial charge in [0, 0.05) is 11.8 Å². The summed E-state index contributed by atoms with van der Waals surface area (Å²) in [5, 5.41) is 19.1. The van der Waals surface area contributed by atoms with Crippen LogP contribution < -0.4 is 23.7 Å². The van der Waals surface area contributed by atoms with Gasteiger partial charge in [-0.2, -0.15) is 13.4 Å². The van der Waals surface area contributed by atoms with E-state index in [-0.39, 0.29) is 63.7 Å². The summed E-state index contributed by atoms with van der Waals surface area (Å²) in [6, 6.07) is 26.9. The standard InChI is InChI=1S/C46H44N6O16S/c1-46(2,3)34-20-23-39(47-24-34)69(59,60)50-42-40(68-38-9-7-6-8-37(38)62-5)43(49-41(48-42)31-18-21-35(61-4)22-19-31)63-27-36(67-45(54)33-16-12-30(13-17-33)26-66-52(57)58)28-64-44(53)32-14-10-29(11-15-32)25-65-51(55)56/h6-24,36H,25-28H2,1-5H3,(H,48,49,50). The minimum absolute atomic E-state index is 0.00595. The zero-order valence-electron chi connectivity index (χ0n) is 37.6. The average molecular weight is 969 g/mol. The molecule has 23 heteroatoms. The van der Waals surface area contributed by atoms with Gasteiger partial charge in [0.2, 0.25) is 5.75 Å². The normalized spacial score (nSPS) is 11.6. The molecule has 360 valence electrons. The Morgan fingerprint density at radius 3 is 1.86 bits per heavy atom. The van der Waals surface area contributed by atoms with Gasteiger partial charge in [0.05, 0.1) is 25.3 Å². The van der Waals surface area contributed by atoms with Gasteiger partial charge in [-0.25, -0.2) is 19.6 Å². The number of nitrogens with zero attached hydrogens (tertiary/aromatic N) is 5. The zero-order chi connectivity index (χ0) is 49.7. The van der Waals surface area contributed by atoms with Crippen molar-refractivity contribution >= 4 is 27.8 Å². The summed E-state index contributed by atoms with van der Waals surface area (Å²) in [4.78, 5) is 70.5. The highest BCUT2D eigenvalue weighted by Gasteiger charge is 2.29. The summed E-state index contributed by atoms with van der Waals surface area (Å²) in [5.41, 5.74) is 1.60. The highest BCUT2D eigenvalue weighted by molar-refractivity contribution is 7.92. The second-order valence-corrected chi connectivity index (χ2v) is 17.2. The van der Waals surface area contributed by atoms with Gasteiger partial charge in [-0.3, -0.25) is 4.72 Å². The number of esters is 2. The van der Waals surface area contributed by atoms with Gasteiger partial charge in [0.1, 0.15) is 32.2 Å². The number of carbonyl (C=O) groups is 2. The van der Waals surface area contributed by atoms with E-state index in [0.29, 0.717) is 22.4 Å². The van der Waals surface area contributed by atoms with Crippen molar-refractivity contribution in [1.29, 1.82) is 0 Å². The second-order valence-electron chi connectivity index (χ2n) is 15.6. The molecule has 2 heterocycles. The fraction of sp³-hybridized carbons (Fsp3) is 0.239. The first-order chi connectivity index (χ1) is 32.9. The molecule has 0 saturated heterocycles.